The molecular weight excluding hydrogens is 325 g/mol. The molecule has 1 saturated heterocycles. The van der Waals surface area contributed by atoms with Gasteiger partial charge in [-0.1, -0.05) is 0 Å². The average molecular weight is 343 g/mol. The highest BCUT2D eigenvalue weighted by Crippen LogP contribution is 2.15. The van der Waals surface area contributed by atoms with E-state index in [0.29, 0.717) is 43.5 Å². The number of hydrogen-bond acceptors (Lipinski definition) is 5. The van der Waals surface area contributed by atoms with E-state index in [1.807, 2.05) is 4.90 Å². The Kier molecular flexibility index (Phi) is 4.87. The standard InChI is InChI=1S/C17H18FN5O2/c1-12-10-15(16(25)20-14-4-2-13(18)3-5-14)21-17(19-12)23-8-6-22(11-24)7-9-23/h2-5,10-11H,6-9H2,1H3,(H,20,25). The zero-order valence-corrected chi connectivity index (χ0v) is 13.8. The van der Waals surface area contributed by atoms with Crippen LogP contribution in [0.1, 0.15) is 16.2 Å². The van der Waals surface area contributed by atoms with Gasteiger partial charge in [-0.2, -0.15) is 0 Å². The largest absolute Gasteiger partial charge is 0.342 e. The molecule has 2 amide bonds. The monoisotopic (exact) mass is 343 g/mol. The zero-order valence-electron chi connectivity index (χ0n) is 13.8. The van der Waals surface area contributed by atoms with Gasteiger partial charge in [-0.15, -0.1) is 0 Å². The number of rotatable bonds is 4. The van der Waals surface area contributed by atoms with E-state index in [1.54, 1.807) is 17.9 Å². The number of nitrogens with one attached hydrogen (secondary N) is 1. The smallest absolute Gasteiger partial charge is 0.274 e. The topological polar surface area (TPSA) is 78.4 Å². The maximum absolute atomic E-state index is 12.9. The van der Waals surface area contributed by atoms with Crippen molar-refractivity contribution in [2.45, 2.75) is 6.92 Å². The van der Waals surface area contributed by atoms with Crippen molar-refractivity contribution in [3.05, 3.63) is 47.5 Å². The second kappa shape index (κ2) is 7.25. The SMILES string of the molecule is Cc1cc(C(=O)Nc2ccc(F)cc2)nc(N2CCN(C=O)CC2)n1. The van der Waals surface area contributed by atoms with Crippen molar-refractivity contribution in [2.75, 3.05) is 36.4 Å². The molecule has 0 aliphatic carbocycles. The number of carbonyl (C=O) groups excluding carboxylic acids is 2. The Hall–Kier alpha value is -3.03. The highest BCUT2D eigenvalue weighted by Gasteiger charge is 2.20. The maximum atomic E-state index is 12.9. The van der Waals surface area contributed by atoms with E-state index in [9.17, 15) is 14.0 Å². The molecule has 0 bridgehead atoms. The summed E-state index contributed by atoms with van der Waals surface area (Å²) in [6, 6.07) is 7.13. The molecule has 1 aliphatic heterocycles. The number of hydrogen-bond donors (Lipinski definition) is 1. The van der Waals surface area contributed by atoms with Crippen LogP contribution in [0.5, 0.6) is 0 Å². The number of halogens is 1. The predicted octanol–water partition coefficient (Wildman–Crippen LogP) is 1.45. The van der Waals surface area contributed by atoms with E-state index in [2.05, 4.69) is 15.3 Å². The summed E-state index contributed by atoms with van der Waals surface area (Å²) in [5.41, 5.74) is 1.40. The van der Waals surface area contributed by atoms with Gasteiger partial charge in [0.25, 0.3) is 5.91 Å². The molecule has 2 heterocycles. The molecule has 8 heteroatoms. The van der Waals surface area contributed by atoms with Crippen molar-refractivity contribution < 1.29 is 14.0 Å². The lowest BCUT2D eigenvalue weighted by molar-refractivity contribution is -0.118. The van der Waals surface area contributed by atoms with Gasteiger partial charge in [-0.3, -0.25) is 9.59 Å². The van der Waals surface area contributed by atoms with E-state index in [1.165, 1.54) is 24.3 Å². The normalized spacial score (nSPS) is 14.3. The van der Waals surface area contributed by atoms with Crippen molar-refractivity contribution in [2.24, 2.45) is 0 Å². The van der Waals surface area contributed by atoms with E-state index in [4.69, 9.17) is 0 Å². The van der Waals surface area contributed by atoms with Gasteiger partial charge < -0.3 is 15.1 Å². The Bertz CT molecular complexity index is 773. The Balaban J connectivity index is 1.75. The van der Waals surface area contributed by atoms with Crippen molar-refractivity contribution in [3.63, 3.8) is 0 Å². The Morgan fingerprint density at radius 3 is 2.48 bits per heavy atom. The van der Waals surface area contributed by atoms with Crippen LogP contribution in [0.2, 0.25) is 0 Å². The van der Waals surface area contributed by atoms with Crippen molar-refractivity contribution in [1.29, 1.82) is 0 Å². The number of aromatic nitrogens is 2. The minimum atomic E-state index is -0.384. The van der Waals surface area contributed by atoms with Gasteiger partial charge in [0.05, 0.1) is 0 Å². The highest BCUT2D eigenvalue weighted by atomic mass is 19.1. The molecule has 1 fully saturated rings. The first-order chi connectivity index (χ1) is 12.0. The van der Waals surface area contributed by atoms with Crippen LogP contribution in [-0.4, -0.2) is 53.4 Å². The van der Waals surface area contributed by atoms with Gasteiger partial charge in [0.2, 0.25) is 12.4 Å². The summed E-state index contributed by atoms with van der Waals surface area (Å²) in [5.74, 6) is -0.285. The third-order valence-electron chi connectivity index (χ3n) is 3.92. The lowest BCUT2D eigenvalue weighted by atomic mass is 10.2. The average Bonchev–Trinajstić information content (AvgIpc) is 2.63. The lowest BCUT2D eigenvalue weighted by Gasteiger charge is -2.32. The molecule has 2 aromatic rings. The van der Waals surface area contributed by atoms with Crippen molar-refractivity contribution >= 4 is 24.0 Å². The second-order valence-electron chi connectivity index (χ2n) is 5.78. The van der Waals surface area contributed by atoms with Gasteiger partial charge in [-0.25, -0.2) is 14.4 Å². The van der Waals surface area contributed by atoms with Gasteiger partial charge >= 0.3 is 0 Å². The zero-order chi connectivity index (χ0) is 17.8. The summed E-state index contributed by atoms with van der Waals surface area (Å²) in [6.45, 7) is 4.21. The minimum absolute atomic E-state index is 0.240. The van der Waals surface area contributed by atoms with Gasteiger partial charge in [0, 0.05) is 37.6 Å². The van der Waals surface area contributed by atoms with Crippen LogP contribution < -0.4 is 10.2 Å². The second-order valence-corrected chi connectivity index (χ2v) is 5.78. The molecule has 0 atom stereocenters. The lowest BCUT2D eigenvalue weighted by Crippen LogP contribution is -2.46. The summed E-state index contributed by atoms with van der Waals surface area (Å²) in [5, 5.41) is 2.69. The van der Waals surface area contributed by atoms with Gasteiger partial charge in [0.1, 0.15) is 11.5 Å². The molecule has 7 nitrogen and oxygen atoms in total. The Morgan fingerprint density at radius 2 is 1.84 bits per heavy atom. The predicted molar refractivity (Wildman–Crippen MR) is 91.0 cm³/mol. The quantitative estimate of drug-likeness (QED) is 0.850. The number of carbonyl (C=O) groups is 2. The molecule has 1 aromatic heterocycles. The molecule has 0 spiro atoms. The molecule has 130 valence electrons. The summed E-state index contributed by atoms with van der Waals surface area (Å²) < 4.78 is 12.9. The fraction of sp³-hybridized carbons (Fsp3) is 0.294. The van der Waals surface area contributed by atoms with Gasteiger partial charge in [-0.05, 0) is 37.3 Å². The first-order valence-electron chi connectivity index (χ1n) is 7.92. The first-order valence-corrected chi connectivity index (χ1v) is 7.92. The molecule has 25 heavy (non-hydrogen) atoms. The molecule has 0 radical (unpaired) electrons. The number of benzene rings is 1. The van der Waals surface area contributed by atoms with Crippen LogP contribution in [0, 0.1) is 12.7 Å². The third-order valence-corrected chi connectivity index (χ3v) is 3.92. The fourth-order valence-corrected chi connectivity index (χ4v) is 2.57. The molecule has 3 rings (SSSR count). The Labute approximate surface area is 144 Å². The van der Waals surface area contributed by atoms with Crippen LogP contribution in [0.25, 0.3) is 0 Å². The summed E-state index contributed by atoms with van der Waals surface area (Å²) in [4.78, 5) is 35.6. The number of amides is 2. The van der Waals surface area contributed by atoms with E-state index >= 15 is 0 Å². The summed E-state index contributed by atoms with van der Waals surface area (Å²) in [6.07, 6.45) is 0.829. The van der Waals surface area contributed by atoms with Crippen LogP contribution in [-0.2, 0) is 4.79 Å². The van der Waals surface area contributed by atoms with Crippen molar-refractivity contribution in [3.8, 4) is 0 Å². The van der Waals surface area contributed by atoms with Crippen molar-refractivity contribution in [1.82, 2.24) is 14.9 Å². The van der Waals surface area contributed by atoms with Crippen LogP contribution >= 0.6 is 0 Å². The molecule has 0 saturated carbocycles. The summed E-state index contributed by atoms with van der Waals surface area (Å²) in [7, 11) is 0. The fourth-order valence-electron chi connectivity index (χ4n) is 2.57. The molecule has 1 aromatic carbocycles. The number of piperazine rings is 1. The minimum Gasteiger partial charge on any atom is -0.342 e. The molecule has 1 N–H and O–H groups in total. The van der Waals surface area contributed by atoms with Crippen LogP contribution in [0.4, 0.5) is 16.0 Å². The highest BCUT2D eigenvalue weighted by molar-refractivity contribution is 6.03. The maximum Gasteiger partial charge on any atom is 0.274 e. The van der Waals surface area contributed by atoms with E-state index < -0.39 is 0 Å². The number of nitrogens with zero attached hydrogens (tertiary/aromatic N) is 4. The first kappa shape index (κ1) is 16.8. The Morgan fingerprint density at radius 1 is 1.16 bits per heavy atom. The summed E-state index contributed by atoms with van der Waals surface area (Å²) >= 11 is 0. The number of anilines is 2. The van der Waals surface area contributed by atoms with E-state index in [0.717, 1.165) is 6.41 Å². The molecular formula is C17H18FN5O2. The third kappa shape index (κ3) is 4.09. The van der Waals surface area contributed by atoms with E-state index in [-0.39, 0.29) is 17.4 Å². The van der Waals surface area contributed by atoms with Crippen LogP contribution in [0.3, 0.4) is 0 Å². The molecule has 1 aliphatic rings. The molecule has 0 unspecified atom stereocenters. The van der Waals surface area contributed by atoms with Crippen LogP contribution in [0.15, 0.2) is 30.3 Å². The number of aryl methyl sites for hydroxylation is 1. The van der Waals surface area contributed by atoms with Gasteiger partial charge in [0.15, 0.2) is 0 Å².